The molecule has 0 bridgehead atoms. The third-order valence-corrected chi connectivity index (χ3v) is 6.24. The van der Waals surface area contributed by atoms with Crippen LogP contribution in [0.15, 0.2) is 18.2 Å². The number of hydrogen-bond acceptors (Lipinski definition) is 7. The van der Waals surface area contributed by atoms with Gasteiger partial charge >= 0.3 is 0 Å². The highest BCUT2D eigenvalue weighted by atomic mass is 16.5. The number of β-amino-alcohol motifs (C(OH)–C–C–N with tert-alkyl or cyclic N) is 1. The molecule has 0 radical (unpaired) electrons. The summed E-state index contributed by atoms with van der Waals surface area (Å²) in [6, 6.07) is 6.13. The third kappa shape index (κ3) is 7.10. The van der Waals surface area contributed by atoms with Gasteiger partial charge in [0.25, 0.3) is 0 Å². The number of methoxy groups -OCH3 is 2. The number of piperidine rings is 1. The largest absolute Gasteiger partial charge is 0.493 e. The predicted molar refractivity (Wildman–Crippen MR) is 118 cm³/mol. The molecular weight excluding hydrogens is 382 g/mol. The van der Waals surface area contributed by atoms with Crippen LogP contribution in [0.25, 0.3) is 0 Å². The lowest BCUT2D eigenvalue weighted by atomic mass is 9.97. The van der Waals surface area contributed by atoms with E-state index >= 15 is 0 Å². The summed E-state index contributed by atoms with van der Waals surface area (Å²) in [7, 11) is 5.58. The van der Waals surface area contributed by atoms with Crippen LogP contribution in [0, 0.1) is 5.92 Å². The Balaban J connectivity index is 1.49. The molecule has 2 fully saturated rings. The van der Waals surface area contributed by atoms with Crippen molar-refractivity contribution in [3.63, 3.8) is 0 Å². The van der Waals surface area contributed by atoms with Crippen LogP contribution in [0.2, 0.25) is 0 Å². The van der Waals surface area contributed by atoms with Gasteiger partial charge in [-0.25, -0.2) is 0 Å². The van der Waals surface area contributed by atoms with Gasteiger partial charge in [-0.3, -0.25) is 9.80 Å². The molecule has 170 valence electrons. The van der Waals surface area contributed by atoms with Gasteiger partial charge in [0.05, 0.1) is 7.11 Å². The van der Waals surface area contributed by atoms with Crippen LogP contribution >= 0.6 is 0 Å². The van der Waals surface area contributed by atoms with Gasteiger partial charge in [0.2, 0.25) is 0 Å². The fourth-order valence-electron chi connectivity index (χ4n) is 4.30. The summed E-state index contributed by atoms with van der Waals surface area (Å²) in [5.74, 6) is 2.11. The van der Waals surface area contributed by atoms with Crippen molar-refractivity contribution in [3.05, 3.63) is 23.8 Å². The number of hydrogen-bond donors (Lipinski definition) is 1. The van der Waals surface area contributed by atoms with Gasteiger partial charge in [-0.1, -0.05) is 6.07 Å². The number of piperazine rings is 1. The number of likely N-dealkylation sites (tertiary alicyclic amines) is 1. The maximum absolute atomic E-state index is 10.5. The number of rotatable bonds is 10. The van der Waals surface area contributed by atoms with Crippen molar-refractivity contribution in [2.45, 2.75) is 25.5 Å². The SMILES string of the molecule is COCC1CCN(Cc2ccc(OC)c(OC[C@@H](O)CN3CCN(C)CC3)c2)CC1. The zero-order valence-corrected chi connectivity index (χ0v) is 18.9. The van der Waals surface area contributed by atoms with Crippen LogP contribution in [0.4, 0.5) is 0 Å². The lowest BCUT2D eigenvalue weighted by Crippen LogP contribution is -2.47. The Morgan fingerprint density at radius 2 is 1.73 bits per heavy atom. The molecule has 1 aromatic rings. The van der Waals surface area contributed by atoms with Gasteiger partial charge in [-0.2, -0.15) is 0 Å². The molecular formula is C23H39N3O4. The van der Waals surface area contributed by atoms with Gasteiger partial charge in [0.15, 0.2) is 11.5 Å². The molecule has 7 heteroatoms. The van der Waals surface area contributed by atoms with E-state index in [0.717, 1.165) is 52.4 Å². The van der Waals surface area contributed by atoms with E-state index in [4.69, 9.17) is 14.2 Å². The van der Waals surface area contributed by atoms with E-state index in [1.807, 2.05) is 6.07 Å². The maximum atomic E-state index is 10.5. The molecule has 1 N–H and O–H groups in total. The topological polar surface area (TPSA) is 57.6 Å². The molecule has 0 aromatic heterocycles. The molecule has 2 heterocycles. The molecule has 0 saturated carbocycles. The van der Waals surface area contributed by atoms with E-state index < -0.39 is 6.10 Å². The number of ether oxygens (including phenoxy) is 3. The summed E-state index contributed by atoms with van der Waals surface area (Å²) in [5.41, 5.74) is 1.21. The average molecular weight is 422 g/mol. The molecule has 0 unspecified atom stereocenters. The smallest absolute Gasteiger partial charge is 0.161 e. The van der Waals surface area contributed by atoms with E-state index in [-0.39, 0.29) is 6.61 Å². The minimum atomic E-state index is -0.512. The molecule has 3 rings (SSSR count). The summed E-state index contributed by atoms with van der Waals surface area (Å²) in [4.78, 5) is 7.10. The average Bonchev–Trinajstić information content (AvgIpc) is 2.76. The lowest BCUT2D eigenvalue weighted by molar-refractivity contribution is 0.0497. The summed E-state index contributed by atoms with van der Waals surface area (Å²) in [6.45, 7) is 8.97. The first-order chi connectivity index (χ1) is 14.6. The molecule has 2 saturated heterocycles. The fourth-order valence-corrected chi connectivity index (χ4v) is 4.30. The van der Waals surface area contributed by atoms with E-state index in [9.17, 15) is 5.11 Å². The van der Waals surface area contributed by atoms with E-state index in [1.165, 1.54) is 18.4 Å². The Hall–Kier alpha value is -1.38. The van der Waals surface area contributed by atoms with E-state index in [0.29, 0.717) is 24.0 Å². The molecule has 2 aliphatic heterocycles. The normalized spacial score (nSPS) is 20.9. The Labute approximate surface area is 181 Å². The summed E-state index contributed by atoms with van der Waals surface area (Å²) in [5, 5.41) is 10.5. The van der Waals surface area contributed by atoms with Crippen molar-refractivity contribution in [2.24, 2.45) is 5.92 Å². The molecule has 2 aliphatic rings. The number of likely N-dealkylation sites (N-methyl/N-ethyl adjacent to an activating group) is 1. The van der Waals surface area contributed by atoms with Crippen LogP contribution in [0.3, 0.4) is 0 Å². The van der Waals surface area contributed by atoms with Crippen LogP contribution in [0.5, 0.6) is 11.5 Å². The van der Waals surface area contributed by atoms with Crippen LogP contribution in [-0.4, -0.2) is 106 Å². The molecule has 0 aliphatic carbocycles. The Kier molecular flexibility index (Phi) is 9.21. The molecule has 0 spiro atoms. The van der Waals surface area contributed by atoms with Crippen molar-refractivity contribution < 1.29 is 19.3 Å². The Morgan fingerprint density at radius 3 is 2.40 bits per heavy atom. The van der Waals surface area contributed by atoms with E-state index in [2.05, 4.69) is 33.9 Å². The number of aliphatic hydroxyl groups is 1. The van der Waals surface area contributed by atoms with Crippen molar-refractivity contribution >= 4 is 0 Å². The minimum Gasteiger partial charge on any atom is -0.493 e. The maximum Gasteiger partial charge on any atom is 0.161 e. The lowest BCUT2D eigenvalue weighted by Gasteiger charge is -2.33. The zero-order chi connectivity index (χ0) is 21.3. The summed E-state index contributed by atoms with van der Waals surface area (Å²) < 4.78 is 16.8. The standard InChI is InChI=1S/C23H39N3O4/c1-24-10-12-26(13-11-24)16-21(27)18-30-23-14-20(4-5-22(23)29-3)15-25-8-6-19(7-9-25)17-28-2/h4-5,14,19,21,27H,6-13,15-18H2,1-3H3/t21-/m0/s1. The molecule has 7 nitrogen and oxygen atoms in total. The van der Waals surface area contributed by atoms with Crippen molar-refractivity contribution in [2.75, 3.05) is 80.3 Å². The highest BCUT2D eigenvalue weighted by molar-refractivity contribution is 5.43. The zero-order valence-electron chi connectivity index (χ0n) is 18.9. The monoisotopic (exact) mass is 421 g/mol. The summed E-state index contributed by atoms with van der Waals surface area (Å²) in [6.07, 6.45) is 1.86. The van der Waals surface area contributed by atoms with E-state index in [1.54, 1.807) is 14.2 Å². The van der Waals surface area contributed by atoms with Crippen LogP contribution in [0.1, 0.15) is 18.4 Å². The van der Waals surface area contributed by atoms with Gasteiger partial charge in [-0.05, 0) is 56.6 Å². The number of benzene rings is 1. The Morgan fingerprint density at radius 1 is 1.00 bits per heavy atom. The van der Waals surface area contributed by atoms with Crippen LogP contribution in [-0.2, 0) is 11.3 Å². The highest BCUT2D eigenvalue weighted by Crippen LogP contribution is 2.29. The fraction of sp³-hybridized carbons (Fsp3) is 0.739. The second kappa shape index (κ2) is 11.9. The van der Waals surface area contributed by atoms with Crippen LogP contribution < -0.4 is 9.47 Å². The molecule has 1 aromatic carbocycles. The van der Waals surface area contributed by atoms with Gasteiger partial charge in [-0.15, -0.1) is 0 Å². The van der Waals surface area contributed by atoms with Crippen molar-refractivity contribution in [1.82, 2.24) is 14.7 Å². The first kappa shape index (κ1) is 23.3. The van der Waals surface area contributed by atoms with Gasteiger partial charge in [0, 0.05) is 53.0 Å². The second-order valence-corrected chi connectivity index (χ2v) is 8.73. The first-order valence-corrected chi connectivity index (χ1v) is 11.2. The Bertz CT molecular complexity index is 629. The first-order valence-electron chi connectivity index (χ1n) is 11.2. The summed E-state index contributed by atoms with van der Waals surface area (Å²) >= 11 is 0. The molecule has 1 atom stereocenters. The number of aliphatic hydroxyl groups excluding tert-OH is 1. The quantitative estimate of drug-likeness (QED) is 0.615. The van der Waals surface area contributed by atoms with Crippen molar-refractivity contribution in [3.8, 4) is 11.5 Å². The van der Waals surface area contributed by atoms with Crippen molar-refractivity contribution in [1.29, 1.82) is 0 Å². The highest BCUT2D eigenvalue weighted by Gasteiger charge is 2.20. The molecule has 0 amide bonds. The minimum absolute atomic E-state index is 0.272. The predicted octanol–water partition coefficient (Wildman–Crippen LogP) is 1.54. The van der Waals surface area contributed by atoms with Gasteiger partial charge in [0.1, 0.15) is 12.7 Å². The molecule has 30 heavy (non-hydrogen) atoms. The number of nitrogens with zero attached hydrogens (tertiary/aromatic N) is 3. The second-order valence-electron chi connectivity index (χ2n) is 8.73. The third-order valence-electron chi connectivity index (χ3n) is 6.24. The van der Waals surface area contributed by atoms with Gasteiger partial charge < -0.3 is 24.2 Å².